The Bertz CT molecular complexity index is 503. The maximum Gasteiger partial charge on any atom is 0.214 e. The van der Waals surface area contributed by atoms with Gasteiger partial charge in [-0.2, -0.15) is 4.31 Å². The lowest BCUT2D eigenvalue weighted by Gasteiger charge is -2.34. The molecule has 1 aliphatic rings. The number of unbranched alkanes of at least 4 members (excludes halogenated alkanes) is 1. The van der Waals surface area contributed by atoms with Gasteiger partial charge in [-0.25, -0.2) is 13.4 Å². The van der Waals surface area contributed by atoms with Crippen LogP contribution in [-0.4, -0.2) is 60.5 Å². The van der Waals surface area contributed by atoms with E-state index >= 15 is 0 Å². The molecule has 6 nitrogen and oxygen atoms in total. The number of rotatable bonds is 6. The zero-order valence-electron chi connectivity index (χ0n) is 11.3. The van der Waals surface area contributed by atoms with Crippen molar-refractivity contribution in [1.29, 1.82) is 0 Å². The Hall–Kier alpha value is -0.920. The highest BCUT2D eigenvalue weighted by Gasteiger charge is 2.26. The fraction of sp³-hybridized carbons (Fsp3) is 0.667. The zero-order chi connectivity index (χ0) is 14.4. The summed E-state index contributed by atoms with van der Waals surface area (Å²) in [5, 5.41) is 0. The van der Waals surface area contributed by atoms with Crippen LogP contribution in [0.3, 0.4) is 0 Å². The highest BCUT2D eigenvalue weighted by Crippen LogP contribution is 2.14. The molecule has 2 rings (SSSR count). The molecule has 1 fully saturated rings. The molecule has 1 saturated heterocycles. The molecule has 20 heavy (non-hydrogen) atoms. The Morgan fingerprint density at radius 2 is 1.90 bits per heavy atom. The second-order valence-corrected chi connectivity index (χ2v) is 7.13. The third-order valence-corrected chi connectivity index (χ3v) is 5.52. The van der Waals surface area contributed by atoms with Crippen molar-refractivity contribution in [2.75, 3.05) is 42.7 Å². The predicted molar refractivity (Wildman–Crippen MR) is 79.6 cm³/mol. The molecule has 0 spiro atoms. The van der Waals surface area contributed by atoms with Crippen molar-refractivity contribution in [2.24, 2.45) is 0 Å². The summed E-state index contributed by atoms with van der Waals surface area (Å²) in [6.07, 6.45) is 6.33. The van der Waals surface area contributed by atoms with Gasteiger partial charge in [-0.05, 0) is 12.8 Å². The molecular weight excluding hydrogens is 300 g/mol. The minimum absolute atomic E-state index is 0.185. The molecule has 0 N–H and O–H groups in total. The SMILES string of the molecule is O=S(=O)(CCCCCl)N1CCN(c2cnccn2)CC1. The van der Waals surface area contributed by atoms with E-state index < -0.39 is 10.0 Å². The number of sulfonamides is 1. The average Bonchev–Trinajstić information content (AvgIpc) is 2.48. The second-order valence-electron chi connectivity index (χ2n) is 4.66. The first kappa shape index (κ1) is 15.5. The van der Waals surface area contributed by atoms with Crippen molar-refractivity contribution in [3.63, 3.8) is 0 Å². The summed E-state index contributed by atoms with van der Waals surface area (Å²) in [6.45, 7) is 2.29. The largest absolute Gasteiger partial charge is 0.353 e. The van der Waals surface area contributed by atoms with Gasteiger partial charge in [-0.15, -0.1) is 11.6 Å². The van der Waals surface area contributed by atoms with E-state index in [0.717, 1.165) is 12.2 Å². The number of piperazine rings is 1. The lowest BCUT2D eigenvalue weighted by atomic mass is 10.3. The van der Waals surface area contributed by atoms with Crippen LogP contribution in [0.1, 0.15) is 12.8 Å². The maximum absolute atomic E-state index is 12.1. The van der Waals surface area contributed by atoms with E-state index in [1.807, 2.05) is 0 Å². The fourth-order valence-electron chi connectivity index (χ4n) is 2.16. The molecule has 0 atom stereocenters. The van der Waals surface area contributed by atoms with E-state index in [9.17, 15) is 8.42 Å². The molecule has 8 heteroatoms. The van der Waals surface area contributed by atoms with Crippen LogP contribution < -0.4 is 4.90 Å². The fourth-order valence-corrected chi connectivity index (χ4v) is 3.89. The summed E-state index contributed by atoms with van der Waals surface area (Å²) in [5.41, 5.74) is 0. The number of hydrogen-bond donors (Lipinski definition) is 0. The number of halogens is 1. The van der Waals surface area contributed by atoms with Crippen molar-refractivity contribution >= 4 is 27.4 Å². The van der Waals surface area contributed by atoms with Gasteiger partial charge < -0.3 is 4.90 Å². The summed E-state index contributed by atoms with van der Waals surface area (Å²) in [7, 11) is -3.15. The Balaban J connectivity index is 1.88. The predicted octanol–water partition coefficient (Wildman–Crippen LogP) is 0.947. The molecule has 1 aromatic heterocycles. The number of anilines is 1. The molecule has 0 amide bonds. The van der Waals surface area contributed by atoms with E-state index in [0.29, 0.717) is 38.5 Å². The third kappa shape index (κ3) is 4.04. The van der Waals surface area contributed by atoms with Gasteiger partial charge in [0.2, 0.25) is 10.0 Å². The minimum atomic E-state index is -3.15. The topological polar surface area (TPSA) is 66.4 Å². The summed E-state index contributed by atoms with van der Waals surface area (Å²) >= 11 is 5.58. The quantitative estimate of drug-likeness (QED) is 0.577. The van der Waals surface area contributed by atoms with Gasteiger partial charge in [0.25, 0.3) is 0 Å². The highest BCUT2D eigenvalue weighted by molar-refractivity contribution is 7.89. The Morgan fingerprint density at radius 3 is 2.50 bits per heavy atom. The maximum atomic E-state index is 12.1. The Kier molecular flexibility index (Phi) is 5.56. The van der Waals surface area contributed by atoms with Gasteiger partial charge >= 0.3 is 0 Å². The molecule has 0 saturated carbocycles. The molecule has 2 heterocycles. The number of alkyl halides is 1. The van der Waals surface area contributed by atoms with Crippen LogP contribution in [0.2, 0.25) is 0 Å². The minimum Gasteiger partial charge on any atom is -0.353 e. The molecular formula is C12H19ClN4O2S. The number of aromatic nitrogens is 2. The standard InChI is InChI=1S/C12H19ClN4O2S/c13-3-1-2-10-20(18,19)17-8-6-16(7-9-17)12-11-14-4-5-15-12/h4-5,11H,1-3,6-10H2. The third-order valence-electron chi connectivity index (χ3n) is 3.29. The average molecular weight is 319 g/mol. The monoisotopic (exact) mass is 318 g/mol. The number of nitrogens with zero attached hydrogens (tertiary/aromatic N) is 4. The van der Waals surface area contributed by atoms with Crippen LogP contribution in [0.15, 0.2) is 18.6 Å². The smallest absolute Gasteiger partial charge is 0.214 e. The molecule has 0 radical (unpaired) electrons. The van der Waals surface area contributed by atoms with Crippen LogP contribution in [0.5, 0.6) is 0 Å². The van der Waals surface area contributed by atoms with Crippen molar-refractivity contribution < 1.29 is 8.42 Å². The van der Waals surface area contributed by atoms with Gasteiger partial charge in [0, 0.05) is 44.5 Å². The number of hydrogen-bond acceptors (Lipinski definition) is 5. The molecule has 1 aliphatic heterocycles. The molecule has 0 aromatic carbocycles. The molecule has 0 unspecified atom stereocenters. The van der Waals surface area contributed by atoms with Crippen molar-refractivity contribution in [1.82, 2.24) is 14.3 Å². The summed E-state index contributed by atoms with van der Waals surface area (Å²) in [4.78, 5) is 10.3. The van der Waals surface area contributed by atoms with Gasteiger partial charge in [0.1, 0.15) is 5.82 Å². The summed E-state index contributed by atoms with van der Waals surface area (Å²) < 4.78 is 25.8. The normalized spacial score (nSPS) is 17.4. The molecule has 0 bridgehead atoms. The zero-order valence-corrected chi connectivity index (χ0v) is 12.9. The van der Waals surface area contributed by atoms with Crippen LogP contribution in [0, 0.1) is 0 Å². The van der Waals surface area contributed by atoms with Crippen LogP contribution in [0.25, 0.3) is 0 Å². The molecule has 0 aliphatic carbocycles. The van der Waals surface area contributed by atoms with Gasteiger partial charge in [-0.3, -0.25) is 4.98 Å². The lowest BCUT2D eigenvalue weighted by molar-refractivity contribution is 0.383. The van der Waals surface area contributed by atoms with Crippen molar-refractivity contribution in [2.45, 2.75) is 12.8 Å². The highest BCUT2D eigenvalue weighted by atomic mass is 35.5. The van der Waals surface area contributed by atoms with Gasteiger partial charge in [0.05, 0.1) is 11.9 Å². The van der Waals surface area contributed by atoms with E-state index in [2.05, 4.69) is 14.9 Å². The Morgan fingerprint density at radius 1 is 1.15 bits per heavy atom. The van der Waals surface area contributed by atoms with E-state index in [1.165, 1.54) is 0 Å². The summed E-state index contributed by atoms with van der Waals surface area (Å²) in [5.74, 6) is 1.49. The van der Waals surface area contributed by atoms with E-state index in [1.54, 1.807) is 22.9 Å². The van der Waals surface area contributed by atoms with Crippen molar-refractivity contribution in [3.05, 3.63) is 18.6 Å². The summed E-state index contributed by atoms with van der Waals surface area (Å²) in [6, 6.07) is 0. The van der Waals surface area contributed by atoms with Gasteiger partial charge in [0.15, 0.2) is 0 Å². The second kappa shape index (κ2) is 7.19. The first-order valence-corrected chi connectivity index (χ1v) is 8.82. The first-order valence-electron chi connectivity index (χ1n) is 6.68. The molecule has 1 aromatic rings. The lowest BCUT2D eigenvalue weighted by Crippen LogP contribution is -2.49. The van der Waals surface area contributed by atoms with E-state index in [-0.39, 0.29) is 5.75 Å². The van der Waals surface area contributed by atoms with E-state index in [4.69, 9.17) is 11.6 Å². The van der Waals surface area contributed by atoms with Crippen LogP contribution >= 0.6 is 11.6 Å². The van der Waals surface area contributed by atoms with Crippen molar-refractivity contribution in [3.8, 4) is 0 Å². The van der Waals surface area contributed by atoms with Crippen LogP contribution in [-0.2, 0) is 10.0 Å². The van der Waals surface area contributed by atoms with Gasteiger partial charge in [-0.1, -0.05) is 0 Å². The van der Waals surface area contributed by atoms with Crippen LogP contribution in [0.4, 0.5) is 5.82 Å². The Labute approximate surface area is 124 Å². The first-order chi connectivity index (χ1) is 9.63. The molecule has 112 valence electrons.